The first-order chi connectivity index (χ1) is 16.5. The van der Waals surface area contributed by atoms with Crippen LogP contribution in [0.25, 0.3) is 0 Å². The number of hydrogen-bond acceptors (Lipinski definition) is 8. The van der Waals surface area contributed by atoms with Crippen LogP contribution >= 0.6 is 0 Å². The molecule has 1 N–H and O–H groups in total. The van der Waals surface area contributed by atoms with Crippen molar-refractivity contribution >= 4 is 23.9 Å². The van der Waals surface area contributed by atoms with Gasteiger partial charge in [0, 0.05) is 26.4 Å². The molecule has 0 radical (unpaired) electrons. The number of likely N-dealkylation sites (N-methyl/N-ethyl adjacent to an activating group) is 1. The molecule has 2 fully saturated rings. The summed E-state index contributed by atoms with van der Waals surface area (Å²) in [4.78, 5) is 55.0. The van der Waals surface area contributed by atoms with E-state index in [2.05, 4.69) is 13.2 Å². The summed E-state index contributed by atoms with van der Waals surface area (Å²) in [5, 5.41) is 10.1. The first-order valence-electron chi connectivity index (χ1n) is 11.5. The van der Waals surface area contributed by atoms with E-state index in [-0.39, 0.29) is 49.4 Å². The highest BCUT2D eigenvalue weighted by Gasteiger charge is 2.61. The van der Waals surface area contributed by atoms with Crippen molar-refractivity contribution in [3.63, 3.8) is 0 Å². The minimum atomic E-state index is -0.903. The molecule has 3 aliphatic rings. The van der Waals surface area contributed by atoms with Crippen LogP contribution in [0.4, 0.5) is 4.79 Å². The van der Waals surface area contributed by atoms with Gasteiger partial charge >= 0.3 is 12.1 Å². The van der Waals surface area contributed by atoms with Crippen LogP contribution in [-0.2, 0) is 28.6 Å². The average Bonchev–Trinajstić information content (AvgIpc) is 3.33. The molecule has 3 rings (SSSR count). The normalized spacial score (nSPS) is 28.1. The summed E-state index contributed by atoms with van der Waals surface area (Å²) >= 11 is 0. The lowest BCUT2D eigenvalue weighted by Gasteiger charge is -2.46. The lowest BCUT2D eigenvalue weighted by Crippen LogP contribution is -2.63. The third kappa shape index (κ3) is 4.77. The first-order valence-corrected chi connectivity index (χ1v) is 11.5. The summed E-state index contributed by atoms with van der Waals surface area (Å²) in [6.07, 6.45) is 0.786. The van der Waals surface area contributed by atoms with E-state index in [1.165, 1.54) is 33.8 Å². The van der Waals surface area contributed by atoms with Crippen LogP contribution in [0.3, 0.4) is 0 Å². The van der Waals surface area contributed by atoms with Gasteiger partial charge < -0.3 is 24.2 Å². The quantitative estimate of drug-likeness (QED) is 0.283. The maximum Gasteiger partial charge on any atom is 0.410 e. The number of nitrogens with zero attached hydrogens (tertiary/aromatic N) is 3. The van der Waals surface area contributed by atoms with Crippen LogP contribution in [0.15, 0.2) is 36.8 Å². The molecule has 0 aromatic rings. The van der Waals surface area contributed by atoms with Gasteiger partial charge in [-0.25, -0.2) is 9.59 Å². The van der Waals surface area contributed by atoms with Crippen LogP contribution in [0.5, 0.6) is 0 Å². The number of aliphatic hydroxyl groups is 1. The maximum absolute atomic E-state index is 12.9. The van der Waals surface area contributed by atoms with Gasteiger partial charge in [0.25, 0.3) is 0 Å². The number of rotatable bonds is 9. The summed E-state index contributed by atoms with van der Waals surface area (Å²) in [5.41, 5.74) is -0.0191. The van der Waals surface area contributed by atoms with Crippen LogP contribution in [-0.4, -0.2) is 102 Å². The summed E-state index contributed by atoms with van der Waals surface area (Å²) in [7, 11) is 3.18. The Morgan fingerprint density at radius 3 is 2.40 bits per heavy atom. The van der Waals surface area contributed by atoms with E-state index in [0.717, 1.165) is 0 Å². The second kappa shape index (κ2) is 10.5. The molecule has 0 saturated carbocycles. The molecule has 3 heterocycles. The Bertz CT molecular complexity index is 943. The van der Waals surface area contributed by atoms with Crippen molar-refractivity contribution in [1.29, 1.82) is 0 Å². The summed E-state index contributed by atoms with van der Waals surface area (Å²) in [6, 6.07) is -1.28. The maximum atomic E-state index is 12.9. The zero-order valence-corrected chi connectivity index (χ0v) is 20.5. The molecule has 0 bridgehead atoms. The molecule has 0 aromatic carbocycles. The number of hydrogen-bond donors (Lipinski definition) is 1. The number of esters is 1. The lowest BCUT2D eigenvalue weighted by atomic mass is 9.79. The van der Waals surface area contributed by atoms with Crippen LogP contribution < -0.4 is 0 Å². The molecule has 2 saturated heterocycles. The molecule has 11 heteroatoms. The first kappa shape index (κ1) is 26.3. The molecule has 0 spiro atoms. The Labute approximate surface area is 204 Å². The molecule has 0 unspecified atom stereocenters. The topological polar surface area (TPSA) is 126 Å². The zero-order valence-electron chi connectivity index (χ0n) is 20.5. The van der Waals surface area contributed by atoms with Crippen molar-refractivity contribution in [2.75, 3.05) is 33.9 Å². The van der Waals surface area contributed by atoms with Gasteiger partial charge in [0.2, 0.25) is 11.8 Å². The molecule has 3 aliphatic heterocycles. The van der Waals surface area contributed by atoms with Crippen molar-refractivity contribution in [3.8, 4) is 0 Å². The fraction of sp³-hybridized carbons (Fsp3) is 0.583. The number of carbonyl (C=O) groups excluding carboxylic acids is 4. The summed E-state index contributed by atoms with van der Waals surface area (Å²) < 4.78 is 16.6. The Kier molecular flexibility index (Phi) is 7.89. The van der Waals surface area contributed by atoms with Gasteiger partial charge in [-0.3, -0.25) is 19.4 Å². The van der Waals surface area contributed by atoms with E-state index in [9.17, 15) is 24.3 Å². The Morgan fingerprint density at radius 1 is 1.20 bits per heavy atom. The number of β-lactam (4-membered cyclic amide) rings is 1. The average molecular weight is 492 g/mol. The standard InChI is InChI=1S/C24H33N3O8/c1-7-9-33-23(31)19-20(13(3)18-17(14(4)28)22(30)27(18)19)35-15-11-16(21(29)25(5)6)26(12-15)24(32)34-10-8-2/h7-8,13-18,28H,1-2,9-12H2,3-6H3/t13-,14-,15+,16+,17-,18+/m1/s1. The van der Waals surface area contributed by atoms with Gasteiger partial charge in [-0.05, 0) is 6.92 Å². The molecule has 11 nitrogen and oxygen atoms in total. The van der Waals surface area contributed by atoms with Gasteiger partial charge in [-0.1, -0.05) is 32.2 Å². The fourth-order valence-electron chi connectivity index (χ4n) is 4.88. The zero-order chi connectivity index (χ0) is 26.0. The SMILES string of the molecule is C=CCOC(=O)C1=C(O[C@H]2C[C@@H](C(=O)N(C)C)N(C(=O)OCC=C)C2)[C@H](C)[C@H]2[C@@H]([C@@H](C)O)C(=O)N12. The number of likely N-dealkylation sites (tertiary alicyclic amines) is 1. The van der Waals surface area contributed by atoms with Gasteiger partial charge in [0.1, 0.15) is 31.1 Å². The highest BCUT2D eigenvalue weighted by molar-refractivity contribution is 6.00. The predicted octanol–water partition coefficient (Wildman–Crippen LogP) is 0.655. The highest BCUT2D eigenvalue weighted by Crippen LogP contribution is 2.48. The Hall–Kier alpha value is -3.34. The minimum Gasteiger partial charge on any atom is -0.490 e. The number of carbonyl (C=O) groups is 4. The number of ether oxygens (including phenoxy) is 3. The van der Waals surface area contributed by atoms with E-state index < -0.39 is 48.2 Å². The van der Waals surface area contributed by atoms with Gasteiger partial charge in [-0.15, -0.1) is 0 Å². The third-order valence-electron chi connectivity index (χ3n) is 6.48. The largest absolute Gasteiger partial charge is 0.490 e. The van der Waals surface area contributed by atoms with Crippen molar-refractivity contribution in [2.45, 2.75) is 44.6 Å². The van der Waals surface area contributed by atoms with Crippen molar-refractivity contribution in [1.82, 2.24) is 14.7 Å². The summed E-state index contributed by atoms with van der Waals surface area (Å²) in [6.45, 7) is 10.4. The second-order valence-corrected chi connectivity index (χ2v) is 9.10. The van der Waals surface area contributed by atoms with E-state index in [4.69, 9.17) is 14.2 Å². The van der Waals surface area contributed by atoms with Crippen molar-refractivity contribution in [2.24, 2.45) is 11.8 Å². The number of fused-ring (bicyclic) bond motifs is 1. The predicted molar refractivity (Wildman–Crippen MR) is 123 cm³/mol. The smallest absolute Gasteiger partial charge is 0.410 e. The number of amides is 3. The minimum absolute atomic E-state index is 0.00923. The van der Waals surface area contributed by atoms with Crippen molar-refractivity contribution in [3.05, 3.63) is 36.8 Å². The molecule has 6 atom stereocenters. The van der Waals surface area contributed by atoms with Crippen molar-refractivity contribution < 1.29 is 38.5 Å². The molecular weight excluding hydrogens is 458 g/mol. The van der Waals surface area contributed by atoms with E-state index >= 15 is 0 Å². The lowest BCUT2D eigenvalue weighted by molar-refractivity contribution is -0.164. The van der Waals surface area contributed by atoms with E-state index in [1.54, 1.807) is 21.0 Å². The van der Waals surface area contributed by atoms with Crippen LogP contribution in [0.1, 0.15) is 20.3 Å². The van der Waals surface area contributed by atoms with E-state index in [0.29, 0.717) is 0 Å². The van der Waals surface area contributed by atoms with Crippen LogP contribution in [0, 0.1) is 11.8 Å². The third-order valence-corrected chi connectivity index (χ3v) is 6.48. The Morgan fingerprint density at radius 2 is 1.83 bits per heavy atom. The summed E-state index contributed by atoms with van der Waals surface area (Å²) in [5.74, 6) is -2.27. The van der Waals surface area contributed by atoms with E-state index in [1.807, 2.05) is 0 Å². The second-order valence-electron chi connectivity index (χ2n) is 9.10. The Balaban J connectivity index is 1.89. The van der Waals surface area contributed by atoms with Gasteiger partial charge in [0.15, 0.2) is 5.70 Å². The molecular formula is C24H33N3O8. The highest BCUT2D eigenvalue weighted by atomic mass is 16.6. The molecule has 192 valence electrons. The van der Waals surface area contributed by atoms with Gasteiger partial charge in [-0.2, -0.15) is 0 Å². The van der Waals surface area contributed by atoms with Crippen LogP contribution in [0.2, 0.25) is 0 Å². The monoisotopic (exact) mass is 491 g/mol. The molecule has 35 heavy (non-hydrogen) atoms. The number of aliphatic hydroxyl groups excluding tert-OH is 1. The molecule has 0 aromatic heterocycles. The van der Waals surface area contributed by atoms with Gasteiger partial charge in [0.05, 0.1) is 24.6 Å². The molecule has 0 aliphatic carbocycles. The molecule has 3 amide bonds. The fourth-order valence-corrected chi connectivity index (χ4v) is 4.88.